The van der Waals surface area contributed by atoms with Gasteiger partial charge in [0.25, 0.3) is 0 Å². The Morgan fingerprint density at radius 1 is 1.30 bits per heavy atom. The fraction of sp³-hybridized carbons (Fsp3) is 0.588. The SMILES string of the molecule is CCC1(CNC(=O)[C@@H](N)Cc2ccccc2)CCCC1. The Morgan fingerprint density at radius 3 is 2.55 bits per heavy atom. The van der Waals surface area contributed by atoms with Crippen molar-refractivity contribution >= 4 is 5.91 Å². The zero-order chi connectivity index (χ0) is 14.4. The van der Waals surface area contributed by atoms with Crippen LogP contribution in [0.1, 0.15) is 44.6 Å². The molecule has 1 aromatic rings. The van der Waals surface area contributed by atoms with E-state index in [1.165, 1.54) is 25.7 Å². The topological polar surface area (TPSA) is 55.1 Å². The van der Waals surface area contributed by atoms with E-state index in [1.54, 1.807) is 0 Å². The van der Waals surface area contributed by atoms with Crippen LogP contribution in [-0.4, -0.2) is 18.5 Å². The summed E-state index contributed by atoms with van der Waals surface area (Å²) in [7, 11) is 0. The molecule has 1 saturated carbocycles. The largest absolute Gasteiger partial charge is 0.354 e. The smallest absolute Gasteiger partial charge is 0.237 e. The number of nitrogens with one attached hydrogen (secondary N) is 1. The van der Waals surface area contributed by atoms with Crippen LogP contribution in [0.3, 0.4) is 0 Å². The van der Waals surface area contributed by atoms with Gasteiger partial charge in [-0.15, -0.1) is 0 Å². The van der Waals surface area contributed by atoms with Crippen LogP contribution in [0.15, 0.2) is 30.3 Å². The highest BCUT2D eigenvalue weighted by atomic mass is 16.2. The average Bonchev–Trinajstić information content (AvgIpc) is 2.95. The van der Waals surface area contributed by atoms with Crippen molar-refractivity contribution in [3.05, 3.63) is 35.9 Å². The van der Waals surface area contributed by atoms with E-state index in [9.17, 15) is 4.79 Å². The number of amides is 1. The molecular formula is C17H26N2O. The van der Waals surface area contributed by atoms with Crippen LogP contribution in [0.4, 0.5) is 0 Å². The van der Waals surface area contributed by atoms with Crippen LogP contribution >= 0.6 is 0 Å². The molecule has 0 saturated heterocycles. The molecule has 1 amide bonds. The Kier molecular flexibility index (Phi) is 5.18. The van der Waals surface area contributed by atoms with Crippen molar-refractivity contribution in [3.8, 4) is 0 Å². The number of carbonyl (C=O) groups excluding carboxylic acids is 1. The van der Waals surface area contributed by atoms with Gasteiger partial charge >= 0.3 is 0 Å². The molecule has 0 unspecified atom stereocenters. The minimum atomic E-state index is -0.451. The second kappa shape index (κ2) is 6.89. The molecule has 20 heavy (non-hydrogen) atoms. The normalized spacial score (nSPS) is 18.7. The fourth-order valence-electron chi connectivity index (χ4n) is 3.15. The molecule has 0 spiro atoms. The van der Waals surface area contributed by atoms with Gasteiger partial charge in [-0.05, 0) is 36.7 Å². The predicted molar refractivity (Wildman–Crippen MR) is 82.3 cm³/mol. The van der Waals surface area contributed by atoms with Gasteiger partial charge in [-0.25, -0.2) is 0 Å². The summed E-state index contributed by atoms with van der Waals surface area (Å²) in [4.78, 5) is 12.1. The van der Waals surface area contributed by atoms with E-state index < -0.39 is 6.04 Å². The Bertz CT molecular complexity index is 424. The molecule has 0 heterocycles. The molecule has 1 aromatic carbocycles. The van der Waals surface area contributed by atoms with Crippen molar-refractivity contribution in [1.82, 2.24) is 5.32 Å². The minimum Gasteiger partial charge on any atom is -0.354 e. The van der Waals surface area contributed by atoms with Gasteiger partial charge in [0.2, 0.25) is 5.91 Å². The van der Waals surface area contributed by atoms with E-state index in [2.05, 4.69) is 12.2 Å². The maximum Gasteiger partial charge on any atom is 0.237 e. The minimum absolute atomic E-state index is 0.0198. The fourth-order valence-corrected chi connectivity index (χ4v) is 3.15. The zero-order valence-corrected chi connectivity index (χ0v) is 12.4. The molecule has 1 aliphatic carbocycles. The number of benzene rings is 1. The average molecular weight is 274 g/mol. The van der Waals surface area contributed by atoms with Crippen LogP contribution in [0.5, 0.6) is 0 Å². The first-order valence-corrected chi connectivity index (χ1v) is 7.72. The zero-order valence-electron chi connectivity index (χ0n) is 12.4. The van der Waals surface area contributed by atoms with Crippen LogP contribution in [0.25, 0.3) is 0 Å². The van der Waals surface area contributed by atoms with Gasteiger partial charge in [0.05, 0.1) is 6.04 Å². The van der Waals surface area contributed by atoms with Crippen molar-refractivity contribution in [1.29, 1.82) is 0 Å². The third kappa shape index (κ3) is 3.83. The third-order valence-corrected chi connectivity index (χ3v) is 4.69. The highest BCUT2D eigenvalue weighted by molar-refractivity contribution is 5.81. The van der Waals surface area contributed by atoms with Crippen LogP contribution < -0.4 is 11.1 Å². The standard InChI is InChI=1S/C17H26N2O/c1-2-17(10-6-7-11-17)13-19-16(20)15(18)12-14-8-4-3-5-9-14/h3-5,8-9,15H,2,6-7,10-13,18H2,1H3,(H,19,20)/t15-/m0/s1. The summed E-state index contributed by atoms with van der Waals surface area (Å²) in [5, 5.41) is 3.07. The van der Waals surface area contributed by atoms with Gasteiger partial charge in [-0.1, -0.05) is 50.1 Å². The van der Waals surface area contributed by atoms with E-state index in [1.807, 2.05) is 30.3 Å². The lowest BCUT2D eigenvalue weighted by Gasteiger charge is -2.28. The highest BCUT2D eigenvalue weighted by Gasteiger charge is 2.32. The van der Waals surface area contributed by atoms with Crippen molar-refractivity contribution in [2.45, 2.75) is 51.5 Å². The second-order valence-electron chi connectivity index (χ2n) is 6.07. The number of carbonyl (C=O) groups is 1. The summed E-state index contributed by atoms with van der Waals surface area (Å²) < 4.78 is 0. The molecule has 0 aromatic heterocycles. The van der Waals surface area contributed by atoms with Crippen LogP contribution in [-0.2, 0) is 11.2 Å². The Hall–Kier alpha value is -1.35. The highest BCUT2D eigenvalue weighted by Crippen LogP contribution is 2.40. The molecule has 110 valence electrons. The summed E-state index contributed by atoms with van der Waals surface area (Å²) in [6.45, 7) is 3.01. The predicted octanol–water partition coefficient (Wildman–Crippen LogP) is 2.64. The maximum absolute atomic E-state index is 12.1. The Labute approximate surface area is 121 Å². The lowest BCUT2D eigenvalue weighted by Crippen LogP contribution is -2.45. The molecule has 1 atom stereocenters. The summed E-state index contributed by atoms with van der Waals surface area (Å²) in [6.07, 6.45) is 6.79. The van der Waals surface area contributed by atoms with Gasteiger partial charge in [0, 0.05) is 6.54 Å². The van der Waals surface area contributed by atoms with E-state index in [0.717, 1.165) is 18.5 Å². The molecule has 3 nitrogen and oxygen atoms in total. The Balaban J connectivity index is 1.82. The van der Waals surface area contributed by atoms with E-state index in [-0.39, 0.29) is 5.91 Å². The first-order valence-electron chi connectivity index (χ1n) is 7.72. The van der Waals surface area contributed by atoms with E-state index >= 15 is 0 Å². The molecule has 3 N–H and O–H groups in total. The summed E-state index contributed by atoms with van der Waals surface area (Å²) in [6, 6.07) is 9.50. The maximum atomic E-state index is 12.1. The molecule has 0 radical (unpaired) electrons. The van der Waals surface area contributed by atoms with Crippen LogP contribution in [0, 0.1) is 5.41 Å². The lowest BCUT2D eigenvalue weighted by molar-refractivity contribution is -0.122. The molecule has 2 rings (SSSR count). The van der Waals surface area contributed by atoms with Crippen molar-refractivity contribution < 1.29 is 4.79 Å². The van der Waals surface area contributed by atoms with Gasteiger partial charge in [0.15, 0.2) is 0 Å². The number of hydrogen-bond acceptors (Lipinski definition) is 2. The Morgan fingerprint density at radius 2 is 1.95 bits per heavy atom. The van der Waals surface area contributed by atoms with Gasteiger partial charge in [-0.2, -0.15) is 0 Å². The molecule has 1 fully saturated rings. The second-order valence-corrected chi connectivity index (χ2v) is 6.07. The van der Waals surface area contributed by atoms with Crippen molar-refractivity contribution in [3.63, 3.8) is 0 Å². The van der Waals surface area contributed by atoms with Gasteiger partial charge in [0.1, 0.15) is 0 Å². The van der Waals surface area contributed by atoms with Crippen molar-refractivity contribution in [2.75, 3.05) is 6.54 Å². The van der Waals surface area contributed by atoms with E-state index in [4.69, 9.17) is 5.73 Å². The van der Waals surface area contributed by atoms with E-state index in [0.29, 0.717) is 11.8 Å². The number of rotatable bonds is 6. The van der Waals surface area contributed by atoms with Gasteiger partial charge in [-0.3, -0.25) is 4.79 Å². The molecule has 0 aliphatic heterocycles. The van der Waals surface area contributed by atoms with Crippen LogP contribution in [0.2, 0.25) is 0 Å². The molecule has 0 bridgehead atoms. The lowest BCUT2D eigenvalue weighted by atomic mass is 9.83. The number of hydrogen-bond donors (Lipinski definition) is 2. The summed E-state index contributed by atoms with van der Waals surface area (Å²) in [5.41, 5.74) is 7.44. The monoisotopic (exact) mass is 274 g/mol. The summed E-state index contributed by atoms with van der Waals surface area (Å²) in [5.74, 6) is -0.0198. The van der Waals surface area contributed by atoms with Crippen molar-refractivity contribution in [2.24, 2.45) is 11.1 Å². The third-order valence-electron chi connectivity index (χ3n) is 4.69. The molecular weight excluding hydrogens is 248 g/mol. The first-order chi connectivity index (χ1) is 9.65. The summed E-state index contributed by atoms with van der Waals surface area (Å²) >= 11 is 0. The number of nitrogens with two attached hydrogens (primary N) is 1. The molecule has 1 aliphatic rings. The first kappa shape index (κ1) is 15.0. The molecule has 3 heteroatoms. The van der Waals surface area contributed by atoms with Gasteiger partial charge < -0.3 is 11.1 Å². The quantitative estimate of drug-likeness (QED) is 0.838.